The zero-order chi connectivity index (χ0) is 13.7. The van der Waals surface area contributed by atoms with E-state index in [1.54, 1.807) is 0 Å². The largest absolute Gasteiger partial charge is 0.309 e. The zero-order valence-corrected chi connectivity index (χ0v) is 12.6. The van der Waals surface area contributed by atoms with Crippen LogP contribution in [0.5, 0.6) is 0 Å². The van der Waals surface area contributed by atoms with Crippen LogP contribution in [0.1, 0.15) is 51.3 Å². The van der Waals surface area contributed by atoms with Crippen molar-refractivity contribution in [2.75, 3.05) is 6.54 Å². The Morgan fingerprint density at radius 1 is 1.30 bits per heavy atom. The van der Waals surface area contributed by atoms with Crippen molar-refractivity contribution in [3.8, 4) is 0 Å². The molecule has 5 atom stereocenters. The lowest BCUT2D eigenvalue weighted by molar-refractivity contribution is 0.355. The highest BCUT2D eigenvalue weighted by Gasteiger charge is 2.67. The second-order valence-electron chi connectivity index (χ2n) is 6.98. The highest BCUT2D eigenvalue weighted by atomic mass is 15.4. The molecule has 3 fully saturated rings. The van der Waals surface area contributed by atoms with Crippen LogP contribution in [-0.4, -0.2) is 21.5 Å². The van der Waals surface area contributed by atoms with Crippen molar-refractivity contribution >= 4 is 0 Å². The predicted octanol–water partition coefficient (Wildman–Crippen LogP) is 2.63. The van der Waals surface area contributed by atoms with Crippen molar-refractivity contribution < 1.29 is 0 Å². The van der Waals surface area contributed by atoms with E-state index in [9.17, 15) is 0 Å². The van der Waals surface area contributed by atoms with Gasteiger partial charge in [0.05, 0.1) is 17.9 Å². The first-order valence-corrected chi connectivity index (χ1v) is 8.46. The Morgan fingerprint density at radius 2 is 2.05 bits per heavy atom. The first kappa shape index (κ1) is 12.8. The van der Waals surface area contributed by atoms with Crippen molar-refractivity contribution in [3.05, 3.63) is 11.9 Å². The van der Waals surface area contributed by atoms with Crippen LogP contribution >= 0.6 is 0 Å². The molecule has 4 rings (SSSR count). The van der Waals surface area contributed by atoms with Crippen LogP contribution in [0.15, 0.2) is 6.20 Å². The number of aromatic nitrogens is 3. The summed E-state index contributed by atoms with van der Waals surface area (Å²) in [6.45, 7) is 6.45. The minimum Gasteiger partial charge on any atom is -0.309 e. The van der Waals surface area contributed by atoms with Gasteiger partial charge in [0.15, 0.2) is 0 Å². The first-order chi connectivity index (χ1) is 9.85. The number of hydrogen-bond donors (Lipinski definition) is 1. The van der Waals surface area contributed by atoms with Gasteiger partial charge in [-0.3, -0.25) is 0 Å². The topological polar surface area (TPSA) is 42.7 Å². The molecule has 4 heteroatoms. The molecule has 0 aliphatic heterocycles. The summed E-state index contributed by atoms with van der Waals surface area (Å²) in [5.74, 6) is 4.93. The van der Waals surface area contributed by atoms with E-state index in [2.05, 4.69) is 34.2 Å². The van der Waals surface area contributed by atoms with Gasteiger partial charge >= 0.3 is 0 Å². The lowest BCUT2D eigenvalue weighted by Gasteiger charge is -2.22. The zero-order valence-electron chi connectivity index (χ0n) is 12.6. The van der Waals surface area contributed by atoms with Crippen LogP contribution < -0.4 is 5.32 Å². The molecule has 4 nitrogen and oxygen atoms in total. The van der Waals surface area contributed by atoms with Crippen LogP contribution in [0.2, 0.25) is 0 Å². The maximum atomic E-state index is 4.29. The van der Waals surface area contributed by atoms with Gasteiger partial charge in [0.1, 0.15) is 0 Å². The number of hydrogen-bond acceptors (Lipinski definition) is 3. The van der Waals surface area contributed by atoms with Crippen molar-refractivity contribution in [2.45, 2.75) is 52.1 Å². The van der Waals surface area contributed by atoms with Gasteiger partial charge in [-0.15, -0.1) is 5.10 Å². The molecule has 0 spiro atoms. The first-order valence-electron chi connectivity index (χ1n) is 8.46. The Morgan fingerprint density at radius 3 is 2.70 bits per heavy atom. The second kappa shape index (κ2) is 4.83. The molecule has 1 heterocycles. The van der Waals surface area contributed by atoms with Gasteiger partial charge < -0.3 is 5.32 Å². The summed E-state index contributed by atoms with van der Waals surface area (Å²) < 4.78 is 2.13. The van der Waals surface area contributed by atoms with E-state index < -0.39 is 0 Å². The third-order valence-electron chi connectivity index (χ3n) is 6.01. The van der Waals surface area contributed by atoms with Gasteiger partial charge in [0.2, 0.25) is 0 Å². The van der Waals surface area contributed by atoms with Crippen molar-refractivity contribution in [1.29, 1.82) is 0 Å². The highest BCUT2D eigenvalue weighted by Crippen LogP contribution is 2.72. The fourth-order valence-corrected chi connectivity index (χ4v) is 5.39. The predicted molar refractivity (Wildman–Crippen MR) is 78.0 cm³/mol. The lowest BCUT2D eigenvalue weighted by atomic mass is 9.95. The molecule has 5 unspecified atom stereocenters. The quantitative estimate of drug-likeness (QED) is 0.867. The molecule has 3 aliphatic carbocycles. The average molecular weight is 274 g/mol. The summed E-state index contributed by atoms with van der Waals surface area (Å²) in [7, 11) is 0. The van der Waals surface area contributed by atoms with Gasteiger partial charge in [-0.05, 0) is 61.8 Å². The van der Waals surface area contributed by atoms with Gasteiger partial charge in [-0.2, -0.15) is 0 Å². The summed E-state index contributed by atoms with van der Waals surface area (Å²) in [4.78, 5) is 0. The monoisotopic (exact) mass is 274 g/mol. The molecule has 110 valence electrons. The van der Waals surface area contributed by atoms with Crippen molar-refractivity contribution in [1.82, 2.24) is 20.3 Å². The Labute approximate surface area is 121 Å². The molecule has 3 aliphatic rings. The minimum atomic E-state index is 0.486. The number of nitrogens with zero attached hydrogens (tertiary/aromatic N) is 3. The van der Waals surface area contributed by atoms with E-state index in [0.29, 0.717) is 6.04 Å². The van der Waals surface area contributed by atoms with E-state index in [0.717, 1.165) is 49.1 Å². The van der Waals surface area contributed by atoms with Gasteiger partial charge in [-0.25, -0.2) is 4.68 Å². The van der Waals surface area contributed by atoms with E-state index in [-0.39, 0.29) is 0 Å². The summed E-state index contributed by atoms with van der Waals surface area (Å²) >= 11 is 0. The molecule has 0 radical (unpaired) electrons. The maximum Gasteiger partial charge on any atom is 0.0759 e. The summed E-state index contributed by atoms with van der Waals surface area (Å²) in [5.41, 5.74) is 1.33. The number of nitrogens with one attached hydrogen (secondary N) is 1. The lowest BCUT2D eigenvalue weighted by Crippen LogP contribution is -2.28. The van der Waals surface area contributed by atoms with E-state index >= 15 is 0 Å². The summed E-state index contributed by atoms with van der Waals surface area (Å²) in [5, 5.41) is 12.2. The SMILES string of the molecule is CCCn1nncc1C(NCC)C1C2C3CCC(C3)C21. The summed E-state index contributed by atoms with van der Waals surface area (Å²) in [6.07, 6.45) is 7.63. The normalized spacial score (nSPS) is 39.0. The molecule has 0 aromatic carbocycles. The van der Waals surface area contributed by atoms with Crippen LogP contribution in [0.25, 0.3) is 0 Å². The molecule has 1 N–H and O–H groups in total. The minimum absolute atomic E-state index is 0.486. The second-order valence-corrected chi connectivity index (χ2v) is 6.98. The molecular formula is C16H26N4. The van der Waals surface area contributed by atoms with Gasteiger partial charge in [-0.1, -0.05) is 19.1 Å². The Hall–Kier alpha value is -0.900. The Kier molecular flexibility index (Phi) is 3.09. The molecule has 2 bridgehead atoms. The van der Waals surface area contributed by atoms with E-state index in [1.165, 1.54) is 25.0 Å². The summed E-state index contributed by atoms with van der Waals surface area (Å²) in [6, 6.07) is 0.486. The number of rotatable bonds is 6. The van der Waals surface area contributed by atoms with E-state index in [1.807, 2.05) is 6.20 Å². The highest BCUT2D eigenvalue weighted by molar-refractivity contribution is 5.20. The molecule has 3 saturated carbocycles. The fraction of sp³-hybridized carbons (Fsp3) is 0.875. The van der Waals surface area contributed by atoms with E-state index in [4.69, 9.17) is 0 Å². The smallest absolute Gasteiger partial charge is 0.0759 e. The molecule has 1 aromatic heterocycles. The number of fused-ring (bicyclic) bond motifs is 5. The van der Waals surface area contributed by atoms with Crippen LogP contribution in [0.3, 0.4) is 0 Å². The average Bonchev–Trinajstić information content (AvgIpc) is 2.84. The number of aryl methyl sites for hydroxylation is 1. The maximum absolute atomic E-state index is 4.29. The third kappa shape index (κ3) is 1.77. The standard InChI is InChI=1S/C16H26N4/c1-3-7-20-12(9-18-19-20)16(17-4-2)15-13-10-5-6-11(8-10)14(13)15/h9-11,13-17H,3-8H2,1-2H3. The van der Waals surface area contributed by atoms with Crippen molar-refractivity contribution in [2.24, 2.45) is 29.6 Å². The van der Waals surface area contributed by atoms with Crippen LogP contribution in [0.4, 0.5) is 0 Å². The Bertz CT molecular complexity index is 467. The van der Waals surface area contributed by atoms with Crippen LogP contribution in [0, 0.1) is 29.6 Å². The fourth-order valence-electron chi connectivity index (χ4n) is 5.39. The molecule has 0 saturated heterocycles. The molecule has 0 amide bonds. The molecule has 1 aromatic rings. The van der Waals surface area contributed by atoms with Gasteiger partial charge in [0, 0.05) is 6.54 Å². The molecular weight excluding hydrogens is 248 g/mol. The van der Waals surface area contributed by atoms with Gasteiger partial charge in [0.25, 0.3) is 0 Å². The third-order valence-corrected chi connectivity index (χ3v) is 6.01. The Balaban J connectivity index is 1.58. The van der Waals surface area contributed by atoms with Crippen molar-refractivity contribution in [3.63, 3.8) is 0 Å². The van der Waals surface area contributed by atoms with Crippen LogP contribution in [-0.2, 0) is 6.54 Å². The molecule has 20 heavy (non-hydrogen) atoms.